The smallest absolute Gasteiger partial charge is 0.234 e. The van der Waals surface area contributed by atoms with Crippen LogP contribution < -0.4 is 9.84 Å². The molecule has 3 rings (SSSR count). The molecule has 1 saturated heterocycles. The van der Waals surface area contributed by atoms with E-state index in [1.54, 1.807) is 13.1 Å². The van der Waals surface area contributed by atoms with Crippen LogP contribution >= 0.6 is 0 Å². The molecule has 18 heavy (non-hydrogen) atoms. The average molecular weight is 246 g/mol. The van der Waals surface area contributed by atoms with Gasteiger partial charge in [0.05, 0.1) is 11.9 Å². The Labute approximate surface area is 104 Å². The molecule has 1 aromatic carbocycles. The summed E-state index contributed by atoms with van der Waals surface area (Å²) < 4.78 is 5.71. The molecule has 1 aromatic rings. The highest BCUT2D eigenvalue weighted by molar-refractivity contribution is 5.98. The molecule has 0 aromatic heterocycles. The van der Waals surface area contributed by atoms with E-state index in [-0.39, 0.29) is 12.1 Å². The van der Waals surface area contributed by atoms with Crippen LogP contribution in [-0.2, 0) is 9.59 Å². The normalized spacial score (nSPS) is 29.5. The van der Waals surface area contributed by atoms with Gasteiger partial charge in [-0.05, 0) is 11.6 Å². The standard InChI is InChI=1S/C13H13NO4/c1-14-10-6-8(11(12(14)15)13(16)17)7-4-2-3-5-9(7)18-10/h2-5,8,10-11H,6H2,1H3,(H,16,17)/p-1/t8-,10-,11-/m0/s1. The van der Waals surface area contributed by atoms with E-state index >= 15 is 0 Å². The molecule has 0 spiro atoms. The van der Waals surface area contributed by atoms with Crippen LogP contribution in [0.5, 0.6) is 5.75 Å². The summed E-state index contributed by atoms with van der Waals surface area (Å²) in [6.07, 6.45) is 0.116. The predicted molar refractivity (Wildman–Crippen MR) is 59.5 cm³/mol. The quantitative estimate of drug-likeness (QED) is 0.639. The molecule has 5 heteroatoms. The number of fused-ring (bicyclic) bond motifs is 4. The lowest BCUT2D eigenvalue weighted by atomic mass is 9.77. The van der Waals surface area contributed by atoms with Crippen LogP contribution in [0.4, 0.5) is 0 Å². The van der Waals surface area contributed by atoms with Gasteiger partial charge in [-0.15, -0.1) is 0 Å². The maximum absolute atomic E-state index is 12.0. The maximum atomic E-state index is 12.0. The van der Waals surface area contributed by atoms with Crippen molar-refractivity contribution in [1.82, 2.24) is 4.90 Å². The highest BCUT2D eigenvalue weighted by atomic mass is 16.5. The Morgan fingerprint density at radius 3 is 2.89 bits per heavy atom. The van der Waals surface area contributed by atoms with Crippen LogP contribution in [0, 0.1) is 5.92 Å². The molecule has 2 bridgehead atoms. The summed E-state index contributed by atoms with van der Waals surface area (Å²) in [6.45, 7) is 0. The van der Waals surface area contributed by atoms with Gasteiger partial charge in [-0.25, -0.2) is 0 Å². The molecule has 94 valence electrons. The van der Waals surface area contributed by atoms with Crippen molar-refractivity contribution in [2.75, 3.05) is 7.05 Å². The van der Waals surface area contributed by atoms with Gasteiger partial charge >= 0.3 is 0 Å². The maximum Gasteiger partial charge on any atom is 0.234 e. The van der Waals surface area contributed by atoms with Crippen LogP contribution in [0.1, 0.15) is 17.9 Å². The van der Waals surface area contributed by atoms with Crippen LogP contribution in [-0.4, -0.2) is 30.1 Å². The molecule has 1 amide bonds. The van der Waals surface area contributed by atoms with Crippen LogP contribution in [0.2, 0.25) is 0 Å². The Hall–Kier alpha value is -2.04. The number of hydrogen-bond acceptors (Lipinski definition) is 4. The van der Waals surface area contributed by atoms with Gasteiger partial charge in [0.1, 0.15) is 5.75 Å². The van der Waals surface area contributed by atoms with Gasteiger partial charge in [0, 0.05) is 19.4 Å². The summed E-state index contributed by atoms with van der Waals surface area (Å²) >= 11 is 0. The third-order valence-corrected chi connectivity index (χ3v) is 3.74. The number of carbonyl (C=O) groups is 2. The van der Waals surface area contributed by atoms with Crippen molar-refractivity contribution in [2.24, 2.45) is 5.92 Å². The van der Waals surface area contributed by atoms with Gasteiger partial charge in [-0.1, -0.05) is 18.2 Å². The van der Waals surface area contributed by atoms with E-state index in [1.807, 2.05) is 18.2 Å². The fraction of sp³-hybridized carbons (Fsp3) is 0.385. The zero-order valence-corrected chi connectivity index (χ0v) is 9.83. The van der Waals surface area contributed by atoms with Crippen LogP contribution in [0.3, 0.4) is 0 Å². The number of benzene rings is 1. The lowest BCUT2D eigenvalue weighted by molar-refractivity contribution is -0.312. The molecule has 0 unspecified atom stereocenters. The highest BCUT2D eigenvalue weighted by Gasteiger charge is 2.46. The second kappa shape index (κ2) is 3.73. The van der Waals surface area contributed by atoms with Crippen LogP contribution in [0.15, 0.2) is 24.3 Å². The first-order chi connectivity index (χ1) is 8.59. The van der Waals surface area contributed by atoms with Crippen molar-refractivity contribution in [3.63, 3.8) is 0 Å². The van der Waals surface area contributed by atoms with E-state index in [1.165, 1.54) is 4.90 Å². The second-order valence-electron chi connectivity index (χ2n) is 4.70. The third kappa shape index (κ3) is 1.40. The number of nitrogens with zero attached hydrogens (tertiary/aromatic N) is 1. The minimum absolute atomic E-state index is 0.353. The molecular weight excluding hydrogens is 234 g/mol. The number of ether oxygens (including phenoxy) is 1. The third-order valence-electron chi connectivity index (χ3n) is 3.74. The van der Waals surface area contributed by atoms with Gasteiger partial charge in [0.2, 0.25) is 5.91 Å². The highest BCUT2D eigenvalue weighted by Crippen LogP contribution is 2.44. The van der Waals surface area contributed by atoms with Crippen molar-refractivity contribution in [1.29, 1.82) is 0 Å². The van der Waals surface area contributed by atoms with E-state index in [4.69, 9.17) is 4.74 Å². The number of hydrogen-bond donors (Lipinski definition) is 0. The number of para-hydroxylation sites is 1. The molecule has 5 nitrogen and oxygen atoms in total. The van der Waals surface area contributed by atoms with Gasteiger partial charge in [0.15, 0.2) is 6.23 Å². The molecule has 0 radical (unpaired) electrons. The zero-order chi connectivity index (χ0) is 12.9. The molecular formula is C13H12NO4-. The first kappa shape index (κ1) is 11.1. The lowest BCUT2D eigenvalue weighted by Gasteiger charge is -2.45. The number of amides is 1. The van der Waals surface area contributed by atoms with E-state index in [2.05, 4.69) is 0 Å². The molecule has 0 saturated carbocycles. The zero-order valence-electron chi connectivity index (χ0n) is 9.83. The summed E-state index contributed by atoms with van der Waals surface area (Å²) in [5.74, 6) is -2.56. The van der Waals surface area contributed by atoms with Crippen molar-refractivity contribution in [3.05, 3.63) is 29.8 Å². The molecule has 2 heterocycles. The van der Waals surface area contributed by atoms with E-state index < -0.39 is 17.8 Å². The summed E-state index contributed by atoms with van der Waals surface area (Å²) in [4.78, 5) is 24.6. The first-order valence-electron chi connectivity index (χ1n) is 5.82. The van der Waals surface area contributed by atoms with Crippen molar-refractivity contribution in [3.8, 4) is 5.75 Å². The molecule has 0 aliphatic carbocycles. The Balaban J connectivity index is 2.12. The number of likely N-dealkylation sites (tertiary alicyclic amines) is 1. The lowest BCUT2D eigenvalue weighted by Crippen LogP contribution is -2.57. The number of aliphatic carboxylic acids is 1. The van der Waals surface area contributed by atoms with Crippen molar-refractivity contribution >= 4 is 11.9 Å². The largest absolute Gasteiger partial charge is 0.549 e. The van der Waals surface area contributed by atoms with Crippen molar-refractivity contribution in [2.45, 2.75) is 18.6 Å². The summed E-state index contributed by atoms with van der Waals surface area (Å²) in [6, 6.07) is 7.25. The SMILES string of the molecule is CN1C(=O)[C@@H](C(=O)[O-])[C@H]2C[C@@H]1Oc1ccccc12. The minimum atomic E-state index is -1.31. The van der Waals surface area contributed by atoms with Crippen LogP contribution in [0.25, 0.3) is 0 Å². The van der Waals surface area contributed by atoms with E-state index in [0.717, 1.165) is 5.56 Å². The molecule has 1 fully saturated rings. The Morgan fingerprint density at radius 2 is 2.17 bits per heavy atom. The average Bonchev–Trinajstić information content (AvgIpc) is 2.36. The summed E-state index contributed by atoms with van der Waals surface area (Å²) in [7, 11) is 1.56. The number of carbonyl (C=O) groups excluding carboxylic acids is 2. The number of carboxylic acid groups (broad SMARTS) is 1. The van der Waals surface area contributed by atoms with Crippen molar-refractivity contribution < 1.29 is 19.4 Å². The van der Waals surface area contributed by atoms with Gasteiger partial charge < -0.3 is 19.5 Å². The molecule has 2 aliphatic heterocycles. The Morgan fingerprint density at radius 1 is 1.44 bits per heavy atom. The Kier molecular flexibility index (Phi) is 2.29. The summed E-state index contributed by atoms with van der Waals surface area (Å²) in [5.41, 5.74) is 0.782. The van der Waals surface area contributed by atoms with E-state index in [0.29, 0.717) is 12.2 Å². The fourth-order valence-corrected chi connectivity index (χ4v) is 2.78. The fourth-order valence-electron chi connectivity index (χ4n) is 2.78. The predicted octanol–water partition coefficient (Wildman–Crippen LogP) is -0.283. The Bertz CT molecular complexity index is 527. The molecule has 2 aliphatic rings. The monoisotopic (exact) mass is 246 g/mol. The van der Waals surface area contributed by atoms with Gasteiger partial charge in [0.25, 0.3) is 0 Å². The van der Waals surface area contributed by atoms with Gasteiger partial charge in [-0.2, -0.15) is 0 Å². The minimum Gasteiger partial charge on any atom is -0.549 e. The molecule has 3 atom stereocenters. The summed E-state index contributed by atoms with van der Waals surface area (Å²) in [5, 5.41) is 11.2. The van der Waals surface area contributed by atoms with E-state index in [9.17, 15) is 14.7 Å². The van der Waals surface area contributed by atoms with Gasteiger partial charge in [-0.3, -0.25) is 4.79 Å². The number of piperidine rings is 1. The number of carboxylic acids is 1. The topological polar surface area (TPSA) is 69.7 Å². The first-order valence-corrected chi connectivity index (χ1v) is 5.82. The molecule has 0 N–H and O–H groups in total. The second-order valence-corrected chi connectivity index (χ2v) is 4.70. The number of rotatable bonds is 1.